The van der Waals surface area contributed by atoms with Gasteiger partial charge in [0, 0.05) is 5.56 Å². The Balaban J connectivity index is 2.45. The molecule has 1 atom stereocenters. The van der Waals surface area contributed by atoms with Gasteiger partial charge < -0.3 is 9.15 Å². The number of hydrogen-bond acceptors (Lipinski definition) is 4. The smallest absolute Gasteiger partial charge is 0.219 e. The number of rotatable bonds is 4. The van der Waals surface area contributed by atoms with Crippen molar-refractivity contribution >= 4 is 17.4 Å². The first-order valence-corrected chi connectivity index (χ1v) is 6.28. The van der Waals surface area contributed by atoms with E-state index >= 15 is 0 Å². The van der Waals surface area contributed by atoms with E-state index in [0.717, 1.165) is 5.56 Å². The molecule has 20 heavy (non-hydrogen) atoms. The SMILES string of the molecule is COc1ccc(C)cc1C(C#N)C(=O)c1ccc(Cl)o1. The predicted octanol–water partition coefficient (Wildman–Crippen LogP) is 3.74. The number of carbonyl (C=O) groups excluding carboxylic acids is 1. The van der Waals surface area contributed by atoms with Crippen molar-refractivity contribution in [2.75, 3.05) is 7.11 Å². The largest absolute Gasteiger partial charge is 0.496 e. The number of nitriles is 1. The minimum Gasteiger partial charge on any atom is -0.496 e. The van der Waals surface area contributed by atoms with Crippen molar-refractivity contribution in [3.8, 4) is 11.8 Å². The molecule has 1 unspecified atom stereocenters. The molecule has 0 fully saturated rings. The average molecular weight is 290 g/mol. The summed E-state index contributed by atoms with van der Waals surface area (Å²) in [5.74, 6) is -0.881. The molecule has 0 radical (unpaired) electrons. The molecule has 0 amide bonds. The van der Waals surface area contributed by atoms with Gasteiger partial charge in [0.05, 0.1) is 13.2 Å². The molecule has 0 bridgehead atoms. The monoisotopic (exact) mass is 289 g/mol. The summed E-state index contributed by atoms with van der Waals surface area (Å²) in [6.07, 6.45) is 0. The number of Topliss-reactive ketones (excluding diaryl/α,β-unsaturated/α-hetero) is 1. The summed E-state index contributed by atoms with van der Waals surface area (Å²) in [5.41, 5.74) is 1.46. The first kappa shape index (κ1) is 14.2. The highest BCUT2D eigenvalue weighted by atomic mass is 35.5. The Kier molecular flexibility index (Phi) is 4.11. The summed E-state index contributed by atoms with van der Waals surface area (Å²) >= 11 is 5.66. The number of furan rings is 1. The second kappa shape index (κ2) is 5.81. The summed E-state index contributed by atoms with van der Waals surface area (Å²) in [4.78, 5) is 12.3. The molecular weight excluding hydrogens is 278 g/mol. The summed E-state index contributed by atoms with van der Waals surface area (Å²) in [6.45, 7) is 1.88. The second-order valence-corrected chi connectivity index (χ2v) is 4.65. The van der Waals surface area contributed by atoms with Gasteiger partial charge in [-0.2, -0.15) is 5.26 Å². The van der Waals surface area contributed by atoms with Crippen LogP contribution in [0.5, 0.6) is 5.75 Å². The fourth-order valence-corrected chi connectivity index (χ4v) is 2.08. The quantitative estimate of drug-likeness (QED) is 0.804. The van der Waals surface area contributed by atoms with E-state index in [4.69, 9.17) is 20.8 Å². The van der Waals surface area contributed by atoms with E-state index in [1.165, 1.54) is 19.2 Å². The molecule has 0 aliphatic rings. The van der Waals surface area contributed by atoms with E-state index in [1.54, 1.807) is 12.1 Å². The van der Waals surface area contributed by atoms with Crippen LogP contribution in [-0.4, -0.2) is 12.9 Å². The number of halogens is 1. The Morgan fingerprint density at radius 3 is 2.70 bits per heavy atom. The minimum atomic E-state index is -0.993. The Hall–Kier alpha value is -2.25. The first-order chi connectivity index (χ1) is 9.56. The van der Waals surface area contributed by atoms with E-state index in [1.807, 2.05) is 19.1 Å². The lowest BCUT2D eigenvalue weighted by Crippen LogP contribution is -2.12. The Morgan fingerprint density at radius 1 is 1.40 bits per heavy atom. The molecule has 0 aliphatic carbocycles. The van der Waals surface area contributed by atoms with Gasteiger partial charge in [-0.15, -0.1) is 0 Å². The van der Waals surface area contributed by atoms with Crippen LogP contribution < -0.4 is 4.74 Å². The lowest BCUT2D eigenvalue weighted by Gasteiger charge is -2.12. The highest BCUT2D eigenvalue weighted by Gasteiger charge is 2.27. The van der Waals surface area contributed by atoms with Crippen LogP contribution in [0.15, 0.2) is 34.7 Å². The van der Waals surface area contributed by atoms with Crippen molar-refractivity contribution in [3.05, 3.63) is 52.4 Å². The van der Waals surface area contributed by atoms with Crippen molar-refractivity contribution in [2.45, 2.75) is 12.8 Å². The van der Waals surface area contributed by atoms with Gasteiger partial charge in [-0.25, -0.2) is 0 Å². The number of aryl methyl sites for hydroxylation is 1. The number of benzene rings is 1. The maximum absolute atomic E-state index is 12.3. The Bertz CT molecular complexity index is 685. The third-order valence-electron chi connectivity index (χ3n) is 2.90. The molecule has 5 heteroatoms. The number of ether oxygens (including phenoxy) is 1. The summed E-state index contributed by atoms with van der Waals surface area (Å²) in [6, 6.07) is 10.3. The fourth-order valence-electron chi connectivity index (χ4n) is 1.94. The van der Waals surface area contributed by atoms with Gasteiger partial charge >= 0.3 is 0 Å². The van der Waals surface area contributed by atoms with Crippen LogP contribution in [-0.2, 0) is 0 Å². The van der Waals surface area contributed by atoms with Crippen molar-refractivity contribution in [1.29, 1.82) is 5.26 Å². The fraction of sp³-hybridized carbons (Fsp3) is 0.200. The molecule has 2 aromatic rings. The predicted molar refractivity (Wildman–Crippen MR) is 74.1 cm³/mol. The third-order valence-corrected chi connectivity index (χ3v) is 3.11. The molecule has 0 saturated heterocycles. The van der Waals surface area contributed by atoms with Crippen molar-refractivity contribution in [3.63, 3.8) is 0 Å². The van der Waals surface area contributed by atoms with Crippen molar-refractivity contribution < 1.29 is 13.9 Å². The first-order valence-electron chi connectivity index (χ1n) is 5.90. The van der Waals surface area contributed by atoms with Crippen LogP contribution in [0.3, 0.4) is 0 Å². The van der Waals surface area contributed by atoms with E-state index in [9.17, 15) is 10.1 Å². The molecule has 0 saturated carbocycles. The highest BCUT2D eigenvalue weighted by Crippen LogP contribution is 2.30. The summed E-state index contributed by atoms with van der Waals surface area (Å²) < 4.78 is 10.3. The van der Waals surface area contributed by atoms with Crippen LogP contribution in [0, 0.1) is 18.3 Å². The van der Waals surface area contributed by atoms with Crippen LogP contribution in [0.1, 0.15) is 27.6 Å². The normalized spacial score (nSPS) is 11.7. The molecule has 2 rings (SSSR count). The van der Waals surface area contributed by atoms with Gasteiger partial charge in [0.2, 0.25) is 5.78 Å². The Morgan fingerprint density at radius 2 is 2.15 bits per heavy atom. The molecule has 1 heterocycles. The van der Waals surface area contributed by atoms with Gasteiger partial charge in [-0.05, 0) is 36.7 Å². The molecule has 4 nitrogen and oxygen atoms in total. The zero-order valence-electron chi connectivity index (χ0n) is 11.0. The third kappa shape index (κ3) is 2.68. The van der Waals surface area contributed by atoms with Crippen LogP contribution in [0.4, 0.5) is 0 Å². The molecule has 1 aromatic heterocycles. The highest BCUT2D eigenvalue weighted by molar-refractivity contribution is 6.29. The van der Waals surface area contributed by atoms with E-state index < -0.39 is 11.7 Å². The van der Waals surface area contributed by atoms with Crippen LogP contribution in [0.25, 0.3) is 0 Å². The maximum atomic E-state index is 12.3. The van der Waals surface area contributed by atoms with Crippen LogP contribution in [0.2, 0.25) is 5.22 Å². The van der Waals surface area contributed by atoms with Gasteiger partial charge in [0.15, 0.2) is 11.0 Å². The molecular formula is C15H12ClNO3. The van der Waals surface area contributed by atoms with Gasteiger partial charge in [-0.1, -0.05) is 17.7 Å². The number of nitrogens with zero attached hydrogens (tertiary/aromatic N) is 1. The number of carbonyl (C=O) groups is 1. The van der Waals surface area contributed by atoms with E-state index in [-0.39, 0.29) is 11.0 Å². The molecule has 0 N–H and O–H groups in total. The molecule has 1 aromatic carbocycles. The summed E-state index contributed by atoms with van der Waals surface area (Å²) in [5, 5.41) is 9.44. The zero-order valence-corrected chi connectivity index (χ0v) is 11.8. The van der Waals surface area contributed by atoms with Crippen LogP contribution >= 0.6 is 11.6 Å². The average Bonchev–Trinajstić information content (AvgIpc) is 2.86. The summed E-state index contributed by atoms with van der Waals surface area (Å²) in [7, 11) is 1.50. The zero-order chi connectivity index (χ0) is 14.7. The van der Waals surface area contributed by atoms with Gasteiger partial charge in [0.1, 0.15) is 11.7 Å². The van der Waals surface area contributed by atoms with Crippen molar-refractivity contribution in [1.82, 2.24) is 0 Å². The van der Waals surface area contributed by atoms with Gasteiger partial charge in [-0.3, -0.25) is 4.79 Å². The number of ketones is 1. The lowest BCUT2D eigenvalue weighted by atomic mass is 9.92. The van der Waals surface area contributed by atoms with Gasteiger partial charge in [0.25, 0.3) is 0 Å². The van der Waals surface area contributed by atoms with E-state index in [0.29, 0.717) is 11.3 Å². The topological polar surface area (TPSA) is 63.2 Å². The van der Waals surface area contributed by atoms with Crippen molar-refractivity contribution in [2.24, 2.45) is 0 Å². The molecule has 102 valence electrons. The molecule has 0 spiro atoms. The van der Waals surface area contributed by atoms with E-state index in [2.05, 4.69) is 0 Å². The number of hydrogen-bond donors (Lipinski definition) is 0. The minimum absolute atomic E-state index is 0.0603. The Labute approximate surface area is 121 Å². The molecule has 0 aliphatic heterocycles. The number of methoxy groups -OCH3 is 1. The standard InChI is InChI=1S/C15H12ClNO3/c1-9-3-4-12(19-2)10(7-9)11(8-17)15(18)13-5-6-14(16)20-13/h3-7,11H,1-2H3. The lowest BCUT2D eigenvalue weighted by molar-refractivity contribution is 0.0951. The second-order valence-electron chi connectivity index (χ2n) is 4.28. The maximum Gasteiger partial charge on any atom is 0.219 e.